The van der Waals surface area contributed by atoms with Crippen LogP contribution in [-0.4, -0.2) is 17.3 Å². The van der Waals surface area contributed by atoms with Crippen LogP contribution >= 0.6 is 40.1 Å². The van der Waals surface area contributed by atoms with E-state index in [0.717, 1.165) is 21.0 Å². The topological polar surface area (TPSA) is 24.4 Å². The largest absolute Gasteiger partial charge is 0.360 e. The number of hydrogen-bond acceptors (Lipinski definition) is 3. The summed E-state index contributed by atoms with van der Waals surface area (Å²) in [5.74, 6) is 0.606. The molecule has 0 saturated heterocycles. The van der Waals surface area contributed by atoms with Crippen LogP contribution in [0, 0.1) is 5.82 Å². The molecule has 0 amide bonds. The maximum Gasteiger partial charge on any atom is 0.157 e. The third-order valence-corrected chi connectivity index (χ3v) is 5.39. The van der Waals surface area contributed by atoms with E-state index in [4.69, 9.17) is 4.99 Å². The fraction of sp³-hybridized carbons (Fsp3) is 0.500. The molecule has 0 aromatic heterocycles. The van der Waals surface area contributed by atoms with Crippen molar-refractivity contribution in [2.75, 3.05) is 0 Å². The molecule has 1 fully saturated rings. The first-order valence-electron chi connectivity index (χ1n) is 6.63. The van der Waals surface area contributed by atoms with Gasteiger partial charge in [0.05, 0.1) is 12.1 Å². The van der Waals surface area contributed by atoms with Crippen LogP contribution in [0.1, 0.15) is 31.2 Å². The molecule has 1 aromatic carbocycles. The fourth-order valence-electron chi connectivity index (χ4n) is 2.64. The minimum atomic E-state index is -0.206. The van der Waals surface area contributed by atoms with Crippen LogP contribution in [0.5, 0.6) is 0 Å². The zero-order chi connectivity index (χ0) is 13.2. The van der Waals surface area contributed by atoms with Crippen molar-refractivity contribution in [3.63, 3.8) is 0 Å². The van der Waals surface area contributed by atoms with Gasteiger partial charge in [-0.2, -0.15) is 0 Å². The lowest BCUT2D eigenvalue weighted by Crippen LogP contribution is -2.36. The maximum atomic E-state index is 13.0. The summed E-state index contributed by atoms with van der Waals surface area (Å²) >= 11 is 5.11. The Labute approximate surface area is 137 Å². The molecule has 1 aliphatic heterocycles. The lowest BCUT2D eigenvalue weighted by molar-refractivity contribution is 0.385. The van der Waals surface area contributed by atoms with Crippen molar-refractivity contribution in [1.82, 2.24) is 5.32 Å². The Kier molecular flexibility index (Phi) is 5.75. The molecule has 20 heavy (non-hydrogen) atoms. The van der Waals surface area contributed by atoms with E-state index >= 15 is 0 Å². The van der Waals surface area contributed by atoms with Crippen LogP contribution in [0.4, 0.5) is 4.39 Å². The summed E-state index contributed by atoms with van der Waals surface area (Å²) in [6, 6.07) is 5.87. The van der Waals surface area contributed by atoms with Crippen molar-refractivity contribution < 1.29 is 4.39 Å². The van der Waals surface area contributed by atoms with E-state index in [0.29, 0.717) is 12.1 Å². The standard InChI is InChI=1S/C14H16BrFN2S.ClH/c15-11-7-10(16)6-5-9(11)8-19-14-17-12-3-1-2-4-13(12)18-14;/h5-7,12-13H,1-4,8H2,(H,17,18);1H. The SMILES string of the molecule is Cl.Fc1ccc(CSC2=NC3CCCCC3N2)c(Br)c1. The molecule has 6 heteroatoms. The molecule has 2 nitrogen and oxygen atoms in total. The van der Waals surface area contributed by atoms with Crippen LogP contribution in [0.25, 0.3) is 0 Å². The number of aliphatic imine (C=N–C) groups is 1. The quantitative estimate of drug-likeness (QED) is 0.817. The molecule has 1 saturated carbocycles. The number of fused-ring (bicyclic) bond motifs is 1. The second-order valence-corrected chi connectivity index (χ2v) is 6.88. The van der Waals surface area contributed by atoms with E-state index < -0.39 is 0 Å². The smallest absolute Gasteiger partial charge is 0.157 e. The number of hydrogen-bond donors (Lipinski definition) is 1. The minimum Gasteiger partial charge on any atom is -0.360 e. The second-order valence-electron chi connectivity index (χ2n) is 5.06. The summed E-state index contributed by atoms with van der Waals surface area (Å²) in [4.78, 5) is 4.75. The Morgan fingerprint density at radius 2 is 2.15 bits per heavy atom. The molecule has 0 spiro atoms. The fourth-order valence-corrected chi connectivity index (χ4v) is 4.31. The van der Waals surface area contributed by atoms with Gasteiger partial charge in [-0.3, -0.25) is 4.99 Å². The molecule has 1 N–H and O–H groups in total. The highest BCUT2D eigenvalue weighted by Gasteiger charge is 2.30. The minimum absolute atomic E-state index is 0. The Morgan fingerprint density at radius 1 is 1.35 bits per heavy atom. The first-order chi connectivity index (χ1) is 9.22. The van der Waals surface area contributed by atoms with Gasteiger partial charge in [0.2, 0.25) is 0 Å². The summed E-state index contributed by atoms with van der Waals surface area (Å²) in [7, 11) is 0. The number of benzene rings is 1. The first kappa shape index (κ1) is 16.1. The van der Waals surface area contributed by atoms with Crippen LogP contribution < -0.4 is 5.32 Å². The van der Waals surface area contributed by atoms with E-state index in [-0.39, 0.29) is 18.2 Å². The molecular formula is C14H17BrClFN2S. The van der Waals surface area contributed by atoms with Gasteiger partial charge in [-0.15, -0.1) is 12.4 Å². The zero-order valence-corrected chi connectivity index (χ0v) is 14.2. The van der Waals surface area contributed by atoms with Crippen molar-refractivity contribution in [2.24, 2.45) is 4.99 Å². The normalized spacial score (nSPS) is 24.4. The molecule has 1 aromatic rings. The summed E-state index contributed by atoms with van der Waals surface area (Å²) < 4.78 is 13.8. The lowest BCUT2D eigenvalue weighted by Gasteiger charge is -2.23. The number of nitrogens with one attached hydrogen (secondary N) is 1. The van der Waals surface area contributed by atoms with Gasteiger partial charge in [0.1, 0.15) is 5.82 Å². The highest BCUT2D eigenvalue weighted by molar-refractivity contribution is 9.10. The molecule has 2 unspecified atom stereocenters. The summed E-state index contributed by atoms with van der Waals surface area (Å²) in [5.41, 5.74) is 1.10. The Balaban J connectivity index is 0.00000147. The van der Waals surface area contributed by atoms with Crippen LogP contribution in [0.2, 0.25) is 0 Å². The van der Waals surface area contributed by atoms with Gasteiger partial charge in [-0.05, 0) is 30.5 Å². The number of rotatable bonds is 2. The average molecular weight is 380 g/mol. The molecule has 0 radical (unpaired) electrons. The van der Waals surface area contributed by atoms with Crippen molar-refractivity contribution in [1.29, 1.82) is 0 Å². The molecular weight excluding hydrogens is 363 g/mol. The van der Waals surface area contributed by atoms with Crippen LogP contribution in [0.3, 0.4) is 0 Å². The third-order valence-electron chi connectivity index (χ3n) is 3.70. The van der Waals surface area contributed by atoms with Crippen molar-refractivity contribution in [3.8, 4) is 0 Å². The number of amidine groups is 1. The van der Waals surface area contributed by atoms with Gasteiger partial charge >= 0.3 is 0 Å². The molecule has 0 bridgehead atoms. The number of halogens is 3. The highest BCUT2D eigenvalue weighted by atomic mass is 79.9. The van der Waals surface area contributed by atoms with Gasteiger partial charge in [0.25, 0.3) is 0 Å². The monoisotopic (exact) mass is 378 g/mol. The number of nitrogens with zero attached hydrogens (tertiary/aromatic N) is 1. The molecule has 2 atom stereocenters. The second kappa shape index (κ2) is 7.14. The predicted molar refractivity (Wildman–Crippen MR) is 89.3 cm³/mol. The van der Waals surface area contributed by atoms with Gasteiger partial charge in [0.15, 0.2) is 5.17 Å². The van der Waals surface area contributed by atoms with E-state index in [1.165, 1.54) is 37.8 Å². The Morgan fingerprint density at radius 3 is 2.90 bits per heavy atom. The van der Waals surface area contributed by atoms with Gasteiger partial charge in [0, 0.05) is 10.2 Å². The van der Waals surface area contributed by atoms with E-state index in [9.17, 15) is 4.39 Å². The molecule has 3 rings (SSSR count). The number of thioether (sulfide) groups is 1. The predicted octanol–water partition coefficient (Wildman–Crippen LogP) is 4.51. The summed E-state index contributed by atoms with van der Waals surface area (Å²) in [5, 5.41) is 4.57. The maximum absolute atomic E-state index is 13.0. The molecule has 1 aliphatic carbocycles. The van der Waals surface area contributed by atoms with Gasteiger partial charge in [-0.1, -0.05) is 46.6 Å². The molecule has 2 aliphatic rings. The van der Waals surface area contributed by atoms with E-state index in [1.807, 2.05) is 6.07 Å². The molecule has 110 valence electrons. The summed E-state index contributed by atoms with van der Waals surface area (Å²) in [6.45, 7) is 0. The van der Waals surface area contributed by atoms with Crippen molar-refractivity contribution in [3.05, 3.63) is 34.1 Å². The summed E-state index contributed by atoms with van der Waals surface area (Å²) in [6.07, 6.45) is 5.05. The van der Waals surface area contributed by atoms with Crippen LogP contribution in [0.15, 0.2) is 27.7 Å². The molecule has 1 heterocycles. The lowest BCUT2D eigenvalue weighted by atomic mass is 9.92. The van der Waals surface area contributed by atoms with Gasteiger partial charge < -0.3 is 5.32 Å². The highest BCUT2D eigenvalue weighted by Crippen LogP contribution is 2.29. The average Bonchev–Trinajstić information content (AvgIpc) is 2.80. The Bertz CT molecular complexity index is 512. The van der Waals surface area contributed by atoms with Crippen molar-refractivity contribution in [2.45, 2.75) is 43.5 Å². The van der Waals surface area contributed by atoms with Crippen molar-refractivity contribution >= 4 is 45.3 Å². The third kappa shape index (κ3) is 3.68. The van der Waals surface area contributed by atoms with Gasteiger partial charge in [-0.25, -0.2) is 4.39 Å². The van der Waals surface area contributed by atoms with E-state index in [2.05, 4.69) is 21.2 Å². The first-order valence-corrected chi connectivity index (χ1v) is 8.41. The Hall–Kier alpha value is -0.260. The zero-order valence-electron chi connectivity index (χ0n) is 10.9. The van der Waals surface area contributed by atoms with E-state index in [1.54, 1.807) is 11.8 Å². The van der Waals surface area contributed by atoms with Crippen LogP contribution in [-0.2, 0) is 5.75 Å².